The van der Waals surface area contributed by atoms with Crippen molar-refractivity contribution >= 4 is 23.1 Å². The minimum Gasteiger partial charge on any atom is -0.349 e. The smallest absolute Gasteiger partial charge is 0.256 e. The molecule has 0 saturated heterocycles. The highest BCUT2D eigenvalue weighted by Crippen LogP contribution is 2.28. The van der Waals surface area contributed by atoms with E-state index in [0.29, 0.717) is 11.2 Å². The fraction of sp³-hybridized carbons (Fsp3) is 0.364. The number of rotatable bonds is 4. The number of carbonyl (C=O) groups excluding carboxylic acids is 2. The average molecular weight is 391 g/mol. The first-order valence-corrected chi connectivity index (χ1v) is 9.97. The number of aromatic nitrogens is 3. The number of para-hydroxylation sites is 1. The second-order valence-corrected chi connectivity index (χ2v) is 7.65. The molecule has 1 aliphatic carbocycles. The zero-order chi connectivity index (χ0) is 20.4. The van der Waals surface area contributed by atoms with Crippen LogP contribution in [0, 0.1) is 12.8 Å². The molecule has 3 aromatic rings. The van der Waals surface area contributed by atoms with Crippen LogP contribution in [0.3, 0.4) is 0 Å². The molecule has 1 N–H and O–H groups in total. The number of fused-ring (bicyclic) bond motifs is 1. The molecule has 2 amide bonds. The van der Waals surface area contributed by atoms with Gasteiger partial charge in [0.2, 0.25) is 5.91 Å². The predicted octanol–water partition coefficient (Wildman–Crippen LogP) is 2.99. The van der Waals surface area contributed by atoms with Crippen LogP contribution in [0.25, 0.3) is 5.65 Å². The largest absolute Gasteiger partial charge is 0.349 e. The van der Waals surface area contributed by atoms with E-state index in [0.717, 1.165) is 36.9 Å². The highest BCUT2D eigenvalue weighted by atomic mass is 16.2. The Kier molecular flexibility index (Phi) is 5.29. The summed E-state index contributed by atoms with van der Waals surface area (Å²) in [5, 5.41) is 7.25. The van der Waals surface area contributed by atoms with Crippen LogP contribution in [0.1, 0.15) is 41.6 Å². The third-order valence-electron chi connectivity index (χ3n) is 5.74. The van der Waals surface area contributed by atoms with Crippen molar-refractivity contribution in [2.75, 3.05) is 11.9 Å². The summed E-state index contributed by atoms with van der Waals surface area (Å²) >= 11 is 0. The van der Waals surface area contributed by atoms with Gasteiger partial charge < -0.3 is 10.2 Å². The van der Waals surface area contributed by atoms with E-state index in [1.807, 2.05) is 38.2 Å². The Labute approximate surface area is 169 Å². The number of anilines is 1. The van der Waals surface area contributed by atoms with Gasteiger partial charge in [-0.2, -0.15) is 5.10 Å². The zero-order valence-electron chi connectivity index (χ0n) is 16.7. The maximum absolute atomic E-state index is 12.9. The summed E-state index contributed by atoms with van der Waals surface area (Å²) < 4.78 is 1.59. The Morgan fingerprint density at radius 3 is 2.66 bits per heavy atom. The summed E-state index contributed by atoms with van der Waals surface area (Å²) in [5.74, 6) is -0.0205. The molecule has 0 unspecified atom stereocenters. The van der Waals surface area contributed by atoms with Crippen LogP contribution >= 0.6 is 0 Å². The van der Waals surface area contributed by atoms with Gasteiger partial charge >= 0.3 is 0 Å². The lowest BCUT2D eigenvalue weighted by Gasteiger charge is -2.31. The molecule has 29 heavy (non-hydrogen) atoms. The van der Waals surface area contributed by atoms with Crippen molar-refractivity contribution in [3.63, 3.8) is 0 Å². The van der Waals surface area contributed by atoms with Crippen LogP contribution in [0.15, 0.2) is 48.9 Å². The zero-order valence-corrected chi connectivity index (χ0v) is 16.7. The summed E-state index contributed by atoms with van der Waals surface area (Å²) in [6.07, 6.45) is 8.08. The normalized spacial score (nSPS) is 19.1. The summed E-state index contributed by atoms with van der Waals surface area (Å²) in [6, 6.07) is 9.75. The van der Waals surface area contributed by atoms with Gasteiger partial charge in [0.05, 0.1) is 6.20 Å². The first kappa shape index (κ1) is 19.1. The van der Waals surface area contributed by atoms with Crippen molar-refractivity contribution in [3.05, 3.63) is 60.0 Å². The molecule has 0 atom stereocenters. The Morgan fingerprint density at radius 1 is 1.14 bits per heavy atom. The Bertz CT molecular complexity index is 1040. The molecule has 7 nitrogen and oxygen atoms in total. The van der Waals surface area contributed by atoms with E-state index in [9.17, 15) is 9.59 Å². The highest BCUT2D eigenvalue weighted by molar-refractivity contribution is 5.99. The molecule has 1 fully saturated rings. The summed E-state index contributed by atoms with van der Waals surface area (Å²) in [6.45, 7) is 2.01. The molecule has 2 heterocycles. The van der Waals surface area contributed by atoms with Crippen LogP contribution in [0.4, 0.5) is 5.69 Å². The summed E-state index contributed by atoms with van der Waals surface area (Å²) in [4.78, 5) is 31.6. The van der Waals surface area contributed by atoms with Gasteiger partial charge in [-0.15, -0.1) is 0 Å². The monoisotopic (exact) mass is 391 g/mol. The summed E-state index contributed by atoms with van der Waals surface area (Å²) in [7, 11) is 1.84. The van der Waals surface area contributed by atoms with Gasteiger partial charge in [0.15, 0.2) is 5.65 Å². The molecule has 150 valence electrons. The summed E-state index contributed by atoms with van der Waals surface area (Å²) in [5.41, 5.74) is 3.07. The van der Waals surface area contributed by atoms with Crippen LogP contribution in [-0.4, -0.2) is 39.5 Å². The van der Waals surface area contributed by atoms with Gasteiger partial charge in [0.1, 0.15) is 5.56 Å². The lowest BCUT2D eigenvalue weighted by atomic mass is 9.85. The molecule has 7 heteroatoms. The lowest BCUT2D eigenvalue weighted by molar-refractivity contribution is -0.123. The Morgan fingerprint density at radius 2 is 1.90 bits per heavy atom. The van der Waals surface area contributed by atoms with Crippen molar-refractivity contribution in [2.24, 2.45) is 5.92 Å². The van der Waals surface area contributed by atoms with Crippen molar-refractivity contribution < 1.29 is 9.59 Å². The van der Waals surface area contributed by atoms with E-state index in [4.69, 9.17) is 0 Å². The third-order valence-corrected chi connectivity index (χ3v) is 5.74. The van der Waals surface area contributed by atoms with Crippen molar-refractivity contribution in [3.8, 4) is 0 Å². The van der Waals surface area contributed by atoms with Crippen LogP contribution in [-0.2, 0) is 4.79 Å². The molecule has 0 spiro atoms. The third kappa shape index (κ3) is 3.85. The molecular formula is C22H25N5O2. The van der Waals surface area contributed by atoms with E-state index >= 15 is 0 Å². The quantitative estimate of drug-likeness (QED) is 0.741. The number of nitrogens with zero attached hydrogens (tertiary/aromatic N) is 4. The minimum atomic E-state index is -0.162. The fourth-order valence-corrected chi connectivity index (χ4v) is 4.07. The molecule has 0 bridgehead atoms. The molecule has 1 saturated carbocycles. The van der Waals surface area contributed by atoms with Crippen LogP contribution < -0.4 is 10.2 Å². The molecule has 1 aliphatic rings. The first-order valence-electron chi connectivity index (χ1n) is 9.97. The van der Waals surface area contributed by atoms with Gasteiger partial charge in [-0.05, 0) is 50.3 Å². The molecule has 0 radical (unpaired) electrons. The van der Waals surface area contributed by atoms with Crippen molar-refractivity contribution in [1.29, 1.82) is 0 Å². The topological polar surface area (TPSA) is 79.6 Å². The van der Waals surface area contributed by atoms with E-state index in [2.05, 4.69) is 15.4 Å². The van der Waals surface area contributed by atoms with Crippen LogP contribution in [0.5, 0.6) is 0 Å². The first-order chi connectivity index (χ1) is 14.0. The number of nitrogens with one attached hydrogen (secondary N) is 1. The lowest BCUT2D eigenvalue weighted by Crippen LogP contribution is -2.41. The maximum atomic E-state index is 12.9. The number of hydrogen-bond acceptors (Lipinski definition) is 4. The van der Waals surface area contributed by atoms with Gasteiger partial charge in [-0.3, -0.25) is 9.59 Å². The number of aryl methyl sites for hydroxylation is 1. The second kappa shape index (κ2) is 8.03. The van der Waals surface area contributed by atoms with Gasteiger partial charge in [-0.1, -0.05) is 18.2 Å². The van der Waals surface area contributed by atoms with Gasteiger partial charge in [-0.25, -0.2) is 9.50 Å². The SMILES string of the molecule is Cc1ccccc1N(C)C(=O)C1CCC(NC(=O)c2cnn3cccnc23)CC1. The van der Waals surface area contributed by atoms with Gasteiger partial charge in [0.25, 0.3) is 5.91 Å². The predicted molar refractivity (Wildman–Crippen MR) is 111 cm³/mol. The van der Waals surface area contributed by atoms with E-state index in [1.165, 1.54) is 0 Å². The molecule has 2 aromatic heterocycles. The van der Waals surface area contributed by atoms with Crippen molar-refractivity contribution in [1.82, 2.24) is 19.9 Å². The van der Waals surface area contributed by atoms with Gasteiger partial charge in [0, 0.05) is 37.1 Å². The van der Waals surface area contributed by atoms with E-state index in [-0.39, 0.29) is 23.8 Å². The number of benzene rings is 1. The highest BCUT2D eigenvalue weighted by Gasteiger charge is 2.30. The maximum Gasteiger partial charge on any atom is 0.256 e. The molecular weight excluding hydrogens is 366 g/mol. The number of amides is 2. The standard InChI is InChI=1S/C22H25N5O2/c1-15-6-3-4-7-19(15)26(2)22(29)16-8-10-17(11-9-16)25-21(28)18-14-24-27-13-5-12-23-20(18)27/h3-7,12-14,16-17H,8-11H2,1-2H3,(H,25,28). The van der Waals surface area contributed by atoms with Crippen LogP contribution in [0.2, 0.25) is 0 Å². The van der Waals surface area contributed by atoms with Crippen molar-refractivity contribution in [2.45, 2.75) is 38.6 Å². The fourth-order valence-electron chi connectivity index (χ4n) is 4.07. The molecule has 4 rings (SSSR count). The Hall–Kier alpha value is -3.22. The number of hydrogen-bond donors (Lipinski definition) is 1. The number of carbonyl (C=O) groups is 2. The average Bonchev–Trinajstić information content (AvgIpc) is 3.18. The minimum absolute atomic E-state index is 0.00796. The van der Waals surface area contributed by atoms with E-state index in [1.54, 1.807) is 34.1 Å². The van der Waals surface area contributed by atoms with E-state index < -0.39 is 0 Å². The molecule has 1 aromatic carbocycles. The Balaban J connectivity index is 1.35. The molecule has 0 aliphatic heterocycles. The second-order valence-electron chi connectivity index (χ2n) is 7.65.